The zero-order valence-electron chi connectivity index (χ0n) is 15.2. The number of carboxylic acid groups (broad SMARTS) is 1. The van der Waals surface area contributed by atoms with Crippen LogP contribution in [0.15, 0.2) is 0 Å². The molecule has 140 valence electrons. The molecule has 25 heavy (non-hydrogen) atoms. The van der Waals surface area contributed by atoms with Crippen molar-refractivity contribution in [1.82, 2.24) is 15.1 Å². The Kier molecular flexibility index (Phi) is 4.42. The minimum Gasteiger partial charge on any atom is -0.465 e. The second-order valence-electron chi connectivity index (χ2n) is 8.68. The van der Waals surface area contributed by atoms with Crippen LogP contribution in [0.1, 0.15) is 64.7 Å². The summed E-state index contributed by atoms with van der Waals surface area (Å²) in [5.74, 6) is 0.236. The lowest BCUT2D eigenvalue weighted by atomic mass is 9.71. The second kappa shape index (κ2) is 6.45. The fraction of sp³-hybridized carbons (Fsp3) is 0.895. The summed E-state index contributed by atoms with van der Waals surface area (Å²) in [4.78, 5) is 27.8. The molecule has 4 rings (SSSR count). The molecule has 4 heterocycles. The maximum atomic E-state index is 12.0. The molecule has 3 unspecified atom stereocenters. The van der Waals surface area contributed by atoms with Crippen LogP contribution in [0, 0.1) is 5.41 Å². The Labute approximate surface area is 149 Å². The molecule has 4 aliphatic heterocycles. The lowest BCUT2D eigenvalue weighted by molar-refractivity contribution is -0.120. The number of rotatable bonds is 3. The topological polar surface area (TPSA) is 72.9 Å². The highest BCUT2D eigenvalue weighted by atomic mass is 16.4. The first kappa shape index (κ1) is 17.1. The van der Waals surface area contributed by atoms with Crippen molar-refractivity contribution in [3.8, 4) is 0 Å². The number of nitrogens with zero attached hydrogens (tertiary/aromatic N) is 2. The van der Waals surface area contributed by atoms with Crippen molar-refractivity contribution >= 4 is 12.0 Å². The fourth-order valence-corrected chi connectivity index (χ4v) is 6.13. The van der Waals surface area contributed by atoms with E-state index in [1.54, 1.807) is 4.90 Å². The lowest BCUT2D eigenvalue weighted by Gasteiger charge is -2.48. The summed E-state index contributed by atoms with van der Waals surface area (Å²) in [7, 11) is 0. The number of fused-ring (bicyclic) bond motifs is 2. The summed E-state index contributed by atoms with van der Waals surface area (Å²) in [5.41, 5.74) is 0.171. The van der Waals surface area contributed by atoms with Crippen LogP contribution >= 0.6 is 0 Å². The first-order valence-corrected chi connectivity index (χ1v) is 10.1. The summed E-state index contributed by atoms with van der Waals surface area (Å²) in [5, 5.41) is 12.7. The number of carbonyl (C=O) groups excluding carboxylic acids is 1. The summed E-state index contributed by atoms with van der Waals surface area (Å²) < 4.78 is 0. The van der Waals surface area contributed by atoms with E-state index in [9.17, 15) is 14.7 Å². The van der Waals surface area contributed by atoms with Gasteiger partial charge >= 0.3 is 6.09 Å². The van der Waals surface area contributed by atoms with E-state index < -0.39 is 6.09 Å². The van der Waals surface area contributed by atoms with Gasteiger partial charge in [-0.2, -0.15) is 0 Å². The molecule has 0 radical (unpaired) electrons. The van der Waals surface area contributed by atoms with Gasteiger partial charge in [-0.1, -0.05) is 13.3 Å². The Morgan fingerprint density at radius 1 is 1.20 bits per heavy atom. The highest BCUT2D eigenvalue weighted by molar-refractivity contribution is 5.80. The summed E-state index contributed by atoms with van der Waals surface area (Å²) in [6, 6.07) is 1.33. The first-order chi connectivity index (χ1) is 12.0. The van der Waals surface area contributed by atoms with Crippen LogP contribution in [0.3, 0.4) is 0 Å². The van der Waals surface area contributed by atoms with Gasteiger partial charge < -0.3 is 20.2 Å². The third-order valence-corrected chi connectivity index (χ3v) is 7.40. The number of carbonyl (C=O) groups is 2. The summed E-state index contributed by atoms with van der Waals surface area (Å²) in [6.07, 6.45) is 8.42. The molecule has 6 heteroatoms. The van der Waals surface area contributed by atoms with Crippen LogP contribution < -0.4 is 5.32 Å². The molecular formula is C19H31N3O3. The first-order valence-electron chi connectivity index (χ1n) is 10.1. The molecule has 4 aliphatic rings. The van der Waals surface area contributed by atoms with Crippen molar-refractivity contribution in [2.24, 2.45) is 5.41 Å². The fourth-order valence-electron chi connectivity index (χ4n) is 6.13. The SMILES string of the molecule is CCCC1NC(=O)CC12CCN(C1CC3CCC(C1)N3C(=O)O)CC2. The second-order valence-corrected chi connectivity index (χ2v) is 8.68. The maximum Gasteiger partial charge on any atom is 0.407 e. The third kappa shape index (κ3) is 2.92. The van der Waals surface area contributed by atoms with Gasteiger partial charge in [0, 0.05) is 36.0 Å². The van der Waals surface area contributed by atoms with Crippen molar-refractivity contribution in [3.63, 3.8) is 0 Å². The molecule has 0 aromatic heterocycles. The molecule has 2 bridgehead atoms. The molecule has 1 spiro atoms. The van der Waals surface area contributed by atoms with Crippen molar-refractivity contribution < 1.29 is 14.7 Å². The van der Waals surface area contributed by atoms with Gasteiger partial charge in [-0.05, 0) is 58.0 Å². The average Bonchev–Trinajstić information content (AvgIpc) is 3.02. The van der Waals surface area contributed by atoms with Gasteiger partial charge in [0.1, 0.15) is 0 Å². The van der Waals surface area contributed by atoms with Gasteiger partial charge in [-0.15, -0.1) is 0 Å². The van der Waals surface area contributed by atoms with Gasteiger partial charge in [0.2, 0.25) is 5.91 Å². The van der Waals surface area contributed by atoms with Gasteiger partial charge in [0.05, 0.1) is 0 Å². The smallest absolute Gasteiger partial charge is 0.407 e. The molecule has 0 aliphatic carbocycles. The van der Waals surface area contributed by atoms with E-state index in [0.29, 0.717) is 18.5 Å². The Balaban J connectivity index is 1.38. The van der Waals surface area contributed by atoms with Crippen molar-refractivity contribution in [2.75, 3.05) is 13.1 Å². The molecular weight excluding hydrogens is 318 g/mol. The number of amides is 2. The lowest BCUT2D eigenvalue weighted by Crippen LogP contribution is -2.55. The normalized spacial score (nSPS) is 37.5. The summed E-state index contributed by atoms with van der Waals surface area (Å²) in [6.45, 7) is 4.32. The molecule has 4 fully saturated rings. The van der Waals surface area contributed by atoms with E-state index in [4.69, 9.17) is 0 Å². The van der Waals surface area contributed by atoms with Gasteiger partial charge in [-0.3, -0.25) is 4.79 Å². The minimum atomic E-state index is -0.735. The molecule has 0 saturated carbocycles. The van der Waals surface area contributed by atoms with Crippen LogP contribution in [0.4, 0.5) is 4.79 Å². The quantitative estimate of drug-likeness (QED) is 0.821. The standard InChI is InChI=1S/C19H31N3O3/c1-2-3-16-19(12-17(23)20-16)6-8-21(9-7-19)15-10-13-4-5-14(11-15)22(13)18(24)25/h13-16H,2-12H2,1H3,(H,20,23)(H,24,25). The number of likely N-dealkylation sites (tertiary alicyclic amines) is 1. The minimum absolute atomic E-state index is 0.171. The van der Waals surface area contributed by atoms with Gasteiger partial charge in [0.15, 0.2) is 0 Å². The Morgan fingerprint density at radius 3 is 2.40 bits per heavy atom. The predicted molar refractivity (Wildman–Crippen MR) is 94.4 cm³/mol. The third-order valence-electron chi connectivity index (χ3n) is 7.40. The zero-order valence-corrected chi connectivity index (χ0v) is 15.2. The highest BCUT2D eigenvalue weighted by Crippen LogP contribution is 2.45. The Morgan fingerprint density at radius 2 is 1.84 bits per heavy atom. The number of hydrogen-bond donors (Lipinski definition) is 2. The van der Waals surface area contributed by atoms with E-state index in [-0.39, 0.29) is 23.4 Å². The number of piperidine rings is 2. The van der Waals surface area contributed by atoms with Crippen LogP contribution in [0.5, 0.6) is 0 Å². The maximum absolute atomic E-state index is 12.0. The molecule has 0 aromatic carbocycles. The van der Waals surface area contributed by atoms with Crippen LogP contribution in [-0.4, -0.2) is 64.2 Å². The van der Waals surface area contributed by atoms with Gasteiger partial charge in [-0.25, -0.2) is 4.79 Å². The van der Waals surface area contributed by atoms with E-state index in [2.05, 4.69) is 17.1 Å². The van der Waals surface area contributed by atoms with E-state index in [1.807, 2.05) is 0 Å². The number of nitrogens with one attached hydrogen (secondary N) is 1. The zero-order chi connectivity index (χ0) is 17.6. The molecule has 2 N–H and O–H groups in total. The largest absolute Gasteiger partial charge is 0.465 e. The molecule has 3 atom stereocenters. The predicted octanol–water partition coefficient (Wildman–Crippen LogP) is 2.43. The molecule has 6 nitrogen and oxygen atoms in total. The molecule has 2 amide bonds. The Hall–Kier alpha value is -1.30. The van der Waals surface area contributed by atoms with E-state index in [1.165, 1.54) is 0 Å². The van der Waals surface area contributed by atoms with Crippen LogP contribution in [-0.2, 0) is 4.79 Å². The number of hydrogen-bond acceptors (Lipinski definition) is 3. The van der Waals surface area contributed by atoms with Crippen molar-refractivity contribution in [2.45, 2.75) is 88.9 Å². The molecule has 4 saturated heterocycles. The van der Waals surface area contributed by atoms with E-state index in [0.717, 1.165) is 64.5 Å². The Bertz CT molecular complexity index is 530. The van der Waals surface area contributed by atoms with Gasteiger partial charge in [0.25, 0.3) is 0 Å². The van der Waals surface area contributed by atoms with Crippen molar-refractivity contribution in [1.29, 1.82) is 0 Å². The van der Waals surface area contributed by atoms with E-state index >= 15 is 0 Å². The van der Waals surface area contributed by atoms with Crippen molar-refractivity contribution in [3.05, 3.63) is 0 Å². The average molecular weight is 349 g/mol. The molecule has 0 aromatic rings. The monoisotopic (exact) mass is 349 g/mol. The summed E-state index contributed by atoms with van der Waals surface area (Å²) >= 11 is 0. The highest BCUT2D eigenvalue weighted by Gasteiger charge is 2.50. The van der Waals surface area contributed by atoms with Crippen LogP contribution in [0.2, 0.25) is 0 Å². The van der Waals surface area contributed by atoms with Crippen LogP contribution in [0.25, 0.3) is 0 Å².